The first kappa shape index (κ1) is 27.2. The minimum atomic E-state index is -0.798. The third-order valence-electron chi connectivity index (χ3n) is 11.1. The van der Waals surface area contributed by atoms with Crippen LogP contribution in [0.2, 0.25) is 5.02 Å². The van der Waals surface area contributed by atoms with Crippen molar-refractivity contribution in [3.63, 3.8) is 0 Å². The van der Waals surface area contributed by atoms with Gasteiger partial charge in [-0.15, -0.1) is 0 Å². The first-order valence-corrected chi connectivity index (χ1v) is 16.2. The van der Waals surface area contributed by atoms with E-state index in [9.17, 15) is 13.9 Å². The number of aromatic hydroxyl groups is 1. The monoisotopic (exact) mass is 619 g/mol. The molecule has 5 unspecified atom stereocenters. The number of halogens is 4. The molecule has 9 rings (SSSR count). The predicted octanol–water partition coefficient (Wildman–Crippen LogP) is 6.71. The molecule has 10 heteroatoms. The van der Waals surface area contributed by atoms with Gasteiger partial charge in [-0.05, 0) is 80.6 Å². The van der Waals surface area contributed by atoms with E-state index < -0.39 is 17.8 Å². The van der Waals surface area contributed by atoms with E-state index in [0.29, 0.717) is 41.7 Å². The Bertz CT molecular complexity index is 1840. The molecule has 6 nitrogen and oxygen atoms in total. The van der Waals surface area contributed by atoms with Gasteiger partial charge in [0.1, 0.15) is 28.9 Å². The van der Waals surface area contributed by atoms with Crippen LogP contribution in [0.15, 0.2) is 36.5 Å². The molecule has 228 valence electrons. The molecule has 6 heterocycles. The van der Waals surface area contributed by atoms with E-state index in [1.54, 1.807) is 6.20 Å². The Balaban J connectivity index is 1.21. The molecule has 2 aromatic heterocycles. The van der Waals surface area contributed by atoms with Crippen molar-refractivity contribution in [2.24, 2.45) is 5.92 Å². The van der Waals surface area contributed by atoms with Crippen molar-refractivity contribution in [3.05, 3.63) is 58.9 Å². The SMILES string of the molecule is Oc1cc(-c2ncc3c(N4CC5CCC(C4)N5)cc(C4CC4C45CCCN4C[C@H](F)C5)nc3c2F)c2c(Cl)c(F)ccc2c1. The van der Waals surface area contributed by atoms with Gasteiger partial charge in [-0.3, -0.25) is 9.88 Å². The van der Waals surface area contributed by atoms with Crippen molar-refractivity contribution < 1.29 is 18.3 Å². The lowest BCUT2D eigenvalue weighted by Crippen LogP contribution is -2.51. The van der Waals surface area contributed by atoms with E-state index in [1.807, 2.05) is 0 Å². The van der Waals surface area contributed by atoms with Crippen LogP contribution < -0.4 is 10.2 Å². The highest BCUT2D eigenvalue weighted by molar-refractivity contribution is 6.37. The molecular weight excluding hydrogens is 587 g/mol. The number of nitrogens with one attached hydrogen (secondary N) is 1. The predicted molar refractivity (Wildman–Crippen MR) is 165 cm³/mol. The molecule has 1 aliphatic carbocycles. The number of alkyl halides is 1. The lowest BCUT2D eigenvalue weighted by molar-refractivity contribution is 0.164. The number of benzene rings is 2. The highest BCUT2D eigenvalue weighted by Crippen LogP contribution is 2.61. The number of nitrogens with zero attached hydrogens (tertiary/aromatic N) is 4. The van der Waals surface area contributed by atoms with Crippen LogP contribution in [0.1, 0.15) is 50.1 Å². The maximum absolute atomic E-state index is 16.9. The van der Waals surface area contributed by atoms with Crippen molar-refractivity contribution in [1.29, 1.82) is 0 Å². The standard InChI is InChI=1S/C34H33ClF3N5O/c35-30-26(37)5-2-17-8-21(44)9-23(29(17)30)32-31(38)33-24(13-39-32)28(42-15-19-3-4-20(16-42)40-19)11-27(41-33)22-10-25(22)34-6-1-7-43(34)14-18(36)12-34/h2,5,8-9,11,13,18-20,22,25,40,44H,1,3-4,6-7,10,12,14-16H2/t18-,19?,20?,22?,25?,34?/m1/s1. The van der Waals surface area contributed by atoms with Crippen LogP contribution in [0, 0.1) is 17.6 Å². The van der Waals surface area contributed by atoms with E-state index in [1.165, 1.54) is 24.3 Å². The molecule has 4 aromatic rings. The second-order valence-electron chi connectivity index (χ2n) is 13.6. The fraction of sp³-hybridized carbons (Fsp3) is 0.471. The van der Waals surface area contributed by atoms with E-state index >= 15 is 4.39 Å². The summed E-state index contributed by atoms with van der Waals surface area (Å²) in [6, 6.07) is 8.48. The lowest BCUT2D eigenvalue weighted by Gasteiger charge is -2.35. The minimum absolute atomic E-state index is 0.0362. The maximum atomic E-state index is 16.9. The normalized spacial score (nSPS) is 31.4. The number of phenols is 1. The first-order chi connectivity index (χ1) is 21.3. The Morgan fingerprint density at radius 2 is 1.89 bits per heavy atom. The van der Waals surface area contributed by atoms with Crippen LogP contribution in [-0.2, 0) is 0 Å². The fourth-order valence-electron chi connectivity index (χ4n) is 9.19. The minimum Gasteiger partial charge on any atom is -0.508 e. The summed E-state index contributed by atoms with van der Waals surface area (Å²) in [4.78, 5) is 14.3. The summed E-state index contributed by atoms with van der Waals surface area (Å²) in [6.07, 6.45) is 6.65. The number of pyridine rings is 2. The number of hydrogen-bond acceptors (Lipinski definition) is 6. The van der Waals surface area contributed by atoms with E-state index in [4.69, 9.17) is 16.6 Å². The molecule has 2 bridgehead atoms. The molecule has 0 radical (unpaired) electrons. The van der Waals surface area contributed by atoms with Gasteiger partial charge in [-0.2, -0.15) is 0 Å². The molecule has 4 aliphatic heterocycles. The molecule has 44 heavy (non-hydrogen) atoms. The Labute approximate surface area is 258 Å². The van der Waals surface area contributed by atoms with Gasteiger partial charge in [-0.25, -0.2) is 18.2 Å². The second-order valence-corrected chi connectivity index (χ2v) is 14.0. The van der Waals surface area contributed by atoms with Crippen LogP contribution >= 0.6 is 11.6 Å². The summed E-state index contributed by atoms with van der Waals surface area (Å²) in [5, 5.41) is 15.4. The van der Waals surface area contributed by atoms with Gasteiger partial charge in [0.05, 0.1) is 5.02 Å². The molecule has 2 N–H and O–H groups in total. The van der Waals surface area contributed by atoms with Gasteiger partial charge in [0.2, 0.25) is 0 Å². The molecule has 4 saturated heterocycles. The second kappa shape index (κ2) is 9.68. The number of aromatic nitrogens is 2. The fourth-order valence-corrected chi connectivity index (χ4v) is 9.46. The zero-order valence-corrected chi connectivity index (χ0v) is 24.9. The van der Waals surface area contributed by atoms with Gasteiger partial charge in [0, 0.05) is 77.1 Å². The molecule has 1 saturated carbocycles. The number of anilines is 1. The van der Waals surface area contributed by atoms with Crippen molar-refractivity contribution in [1.82, 2.24) is 20.2 Å². The van der Waals surface area contributed by atoms with Gasteiger partial charge < -0.3 is 15.3 Å². The molecule has 2 aromatic carbocycles. The largest absolute Gasteiger partial charge is 0.508 e. The molecule has 6 atom stereocenters. The molecule has 5 aliphatic rings. The van der Waals surface area contributed by atoms with Crippen molar-refractivity contribution in [3.8, 4) is 17.0 Å². The third-order valence-corrected chi connectivity index (χ3v) is 11.5. The number of rotatable bonds is 4. The Morgan fingerprint density at radius 3 is 2.70 bits per heavy atom. The van der Waals surface area contributed by atoms with Crippen molar-refractivity contribution >= 4 is 39.0 Å². The summed E-state index contributed by atoms with van der Waals surface area (Å²) < 4.78 is 46.1. The number of phenolic OH excluding ortho intramolecular Hbond substituents is 1. The highest BCUT2D eigenvalue weighted by atomic mass is 35.5. The van der Waals surface area contributed by atoms with Crippen LogP contribution in [0.5, 0.6) is 5.75 Å². The molecular formula is C34H33ClF3N5O. The average Bonchev–Trinajstić information content (AvgIpc) is 3.48. The summed E-state index contributed by atoms with van der Waals surface area (Å²) in [6.45, 7) is 3.09. The summed E-state index contributed by atoms with van der Waals surface area (Å²) in [5.41, 5.74) is 2.02. The topological polar surface area (TPSA) is 64.5 Å². The van der Waals surface area contributed by atoms with E-state index in [-0.39, 0.29) is 44.4 Å². The average molecular weight is 620 g/mol. The summed E-state index contributed by atoms with van der Waals surface area (Å²) >= 11 is 6.41. The van der Waals surface area contributed by atoms with Crippen molar-refractivity contribution in [2.45, 2.75) is 68.2 Å². The Hall–Kier alpha value is -3.14. The van der Waals surface area contributed by atoms with E-state index in [0.717, 1.165) is 63.1 Å². The summed E-state index contributed by atoms with van der Waals surface area (Å²) in [5.74, 6) is -0.933. The maximum Gasteiger partial charge on any atom is 0.175 e. The molecule has 0 amide bonds. The lowest BCUT2D eigenvalue weighted by atomic mass is 9.86. The number of hydrogen-bond donors (Lipinski definition) is 2. The Morgan fingerprint density at radius 1 is 1.07 bits per heavy atom. The number of fused-ring (bicyclic) bond motifs is 5. The smallest absolute Gasteiger partial charge is 0.175 e. The van der Waals surface area contributed by atoms with Crippen LogP contribution in [0.25, 0.3) is 32.9 Å². The van der Waals surface area contributed by atoms with Crippen molar-refractivity contribution in [2.75, 3.05) is 31.1 Å². The van der Waals surface area contributed by atoms with Gasteiger partial charge in [-0.1, -0.05) is 17.7 Å². The third kappa shape index (κ3) is 4.01. The Kier molecular flexibility index (Phi) is 5.98. The van der Waals surface area contributed by atoms with Gasteiger partial charge >= 0.3 is 0 Å². The van der Waals surface area contributed by atoms with Crippen LogP contribution in [-0.4, -0.2) is 69.9 Å². The highest BCUT2D eigenvalue weighted by Gasteiger charge is 2.61. The number of piperazine rings is 1. The quantitative estimate of drug-likeness (QED) is 0.265. The summed E-state index contributed by atoms with van der Waals surface area (Å²) in [7, 11) is 0. The molecule has 5 fully saturated rings. The van der Waals surface area contributed by atoms with Gasteiger partial charge in [0.15, 0.2) is 5.82 Å². The van der Waals surface area contributed by atoms with Crippen LogP contribution in [0.4, 0.5) is 18.9 Å². The van der Waals surface area contributed by atoms with Crippen LogP contribution in [0.3, 0.4) is 0 Å². The van der Waals surface area contributed by atoms with E-state index in [2.05, 4.69) is 26.2 Å². The molecule has 0 spiro atoms. The first-order valence-electron chi connectivity index (χ1n) is 15.8. The zero-order valence-electron chi connectivity index (χ0n) is 24.2. The zero-order chi connectivity index (χ0) is 29.9. The van der Waals surface area contributed by atoms with Gasteiger partial charge in [0.25, 0.3) is 0 Å².